The molecule has 0 aromatic heterocycles. The van der Waals surface area contributed by atoms with E-state index in [-0.39, 0.29) is 11.8 Å². The molecule has 3 rings (SSSR count). The lowest BCUT2D eigenvalue weighted by molar-refractivity contribution is 0.182. The van der Waals surface area contributed by atoms with Crippen molar-refractivity contribution in [3.63, 3.8) is 0 Å². The number of anilines is 2. The number of urea groups is 1. The molecule has 2 N–H and O–H groups in total. The molecule has 3 amide bonds. The monoisotopic (exact) mass is 385 g/mol. The van der Waals surface area contributed by atoms with Gasteiger partial charge in [0.25, 0.3) is 0 Å². The zero-order valence-electron chi connectivity index (χ0n) is 15.8. The van der Waals surface area contributed by atoms with Gasteiger partial charge in [0.05, 0.1) is 7.11 Å². The molecule has 28 heavy (non-hydrogen) atoms. The van der Waals surface area contributed by atoms with Crippen LogP contribution in [0.4, 0.5) is 25.4 Å². The fourth-order valence-electron chi connectivity index (χ4n) is 3.35. The van der Waals surface area contributed by atoms with E-state index in [0.717, 1.165) is 24.8 Å². The molecule has 0 unspecified atom stereocenters. The van der Waals surface area contributed by atoms with Gasteiger partial charge in [-0.15, -0.1) is 0 Å². The number of hydrogen-bond donors (Lipinski definition) is 2. The fourth-order valence-corrected chi connectivity index (χ4v) is 3.35. The Balaban J connectivity index is 1.46. The van der Waals surface area contributed by atoms with Crippen molar-refractivity contribution in [1.29, 1.82) is 0 Å². The Labute approximate surface area is 163 Å². The predicted octanol–water partition coefficient (Wildman–Crippen LogP) is 4.49. The average molecular weight is 385 g/mol. The number of nitrogens with zero attached hydrogens (tertiary/aromatic N) is 1. The van der Waals surface area contributed by atoms with Crippen LogP contribution in [0.3, 0.4) is 0 Å². The van der Waals surface area contributed by atoms with Crippen LogP contribution in [0.5, 0.6) is 0 Å². The van der Waals surface area contributed by atoms with E-state index in [2.05, 4.69) is 15.4 Å². The molecule has 2 aromatic carbocycles. The largest absolute Gasteiger partial charge is 0.453 e. The number of piperidine rings is 1. The van der Waals surface area contributed by atoms with Gasteiger partial charge in [-0.2, -0.15) is 0 Å². The van der Waals surface area contributed by atoms with Crippen molar-refractivity contribution in [2.45, 2.75) is 19.3 Å². The molecule has 6 nitrogen and oxygen atoms in total. The van der Waals surface area contributed by atoms with Crippen molar-refractivity contribution in [2.75, 3.05) is 30.8 Å². The summed E-state index contributed by atoms with van der Waals surface area (Å²) in [6, 6.07) is 13.4. The highest BCUT2D eigenvalue weighted by atomic mass is 19.1. The lowest BCUT2D eigenvalue weighted by atomic mass is 9.90. The van der Waals surface area contributed by atoms with Gasteiger partial charge in [-0.1, -0.05) is 12.1 Å². The quantitative estimate of drug-likeness (QED) is 0.815. The Morgan fingerprint density at radius 3 is 2.32 bits per heavy atom. The number of carbonyl (C=O) groups is 2. The molecule has 2 aromatic rings. The molecule has 148 valence electrons. The van der Waals surface area contributed by atoms with Crippen LogP contribution in [-0.2, 0) is 11.2 Å². The minimum absolute atomic E-state index is 0.141. The predicted molar refractivity (Wildman–Crippen MR) is 106 cm³/mol. The summed E-state index contributed by atoms with van der Waals surface area (Å²) in [5, 5.41) is 5.43. The van der Waals surface area contributed by atoms with E-state index >= 15 is 0 Å². The average Bonchev–Trinajstić information content (AvgIpc) is 2.70. The zero-order valence-corrected chi connectivity index (χ0v) is 15.8. The number of likely N-dealkylation sites (tertiary alicyclic amines) is 1. The van der Waals surface area contributed by atoms with Crippen molar-refractivity contribution in [1.82, 2.24) is 4.90 Å². The Kier molecular flexibility index (Phi) is 6.47. The molecule has 1 aliphatic rings. The summed E-state index contributed by atoms with van der Waals surface area (Å²) in [4.78, 5) is 25.4. The van der Waals surface area contributed by atoms with Crippen molar-refractivity contribution in [3.8, 4) is 0 Å². The number of benzene rings is 2. The second kappa shape index (κ2) is 9.21. The molecule has 0 radical (unpaired) electrons. The molecule has 7 heteroatoms. The summed E-state index contributed by atoms with van der Waals surface area (Å²) in [5.41, 5.74) is 2.24. The van der Waals surface area contributed by atoms with Gasteiger partial charge in [-0.05, 0) is 67.1 Å². The lowest BCUT2D eigenvalue weighted by Crippen LogP contribution is -2.41. The van der Waals surface area contributed by atoms with Gasteiger partial charge in [-0.25, -0.2) is 14.0 Å². The molecule has 1 saturated heterocycles. The van der Waals surface area contributed by atoms with Gasteiger partial charge < -0.3 is 15.0 Å². The smallest absolute Gasteiger partial charge is 0.411 e. The minimum atomic E-state index is -0.544. The van der Waals surface area contributed by atoms with Gasteiger partial charge in [-0.3, -0.25) is 5.32 Å². The van der Waals surface area contributed by atoms with Gasteiger partial charge in [0.15, 0.2) is 0 Å². The lowest BCUT2D eigenvalue weighted by Gasteiger charge is -2.32. The zero-order chi connectivity index (χ0) is 19.9. The molecule has 0 spiro atoms. The van der Waals surface area contributed by atoms with E-state index in [0.29, 0.717) is 30.4 Å². The van der Waals surface area contributed by atoms with Crippen LogP contribution >= 0.6 is 0 Å². The molecule has 0 saturated carbocycles. The molecular formula is C21H24FN3O3. The van der Waals surface area contributed by atoms with E-state index in [1.165, 1.54) is 13.2 Å². The first-order valence-corrected chi connectivity index (χ1v) is 9.29. The van der Waals surface area contributed by atoms with E-state index < -0.39 is 6.09 Å². The standard InChI is InChI=1S/C21H24FN3O3/c1-28-21(27)24-19-7-5-18(6-8-19)23-20(26)25-11-9-15(10-12-25)13-16-3-2-4-17(22)14-16/h2-8,14-15H,9-13H2,1H3,(H,23,26)(H,24,27). The summed E-state index contributed by atoms with van der Waals surface area (Å²) in [5.74, 6) is 0.247. The fraction of sp³-hybridized carbons (Fsp3) is 0.333. The molecule has 0 aliphatic carbocycles. The van der Waals surface area contributed by atoms with E-state index in [4.69, 9.17) is 0 Å². The Morgan fingerprint density at radius 2 is 1.71 bits per heavy atom. The molecule has 1 fully saturated rings. The maximum absolute atomic E-state index is 13.3. The highest BCUT2D eigenvalue weighted by molar-refractivity contribution is 5.90. The van der Waals surface area contributed by atoms with Gasteiger partial charge >= 0.3 is 12.1 Å². The Bertz CT molecular complexity index is 818. The number of rotatable bonds is 4. The first kappa shape index (κ1) is 19.7. The van der Waals surface area contributed by atoms with Crippen LogP contribution in [0.15, 0.2) is 48.5 Å². The van der Waals surface area contributed by atoms with Crippen LogP contribution in [-0.4, -0.2) is 37.2 Å². The van der Waals surface area contributed by atoms with Crippen molar-refractivity contribution in [3.05, 3.63) is 59.9 Å². The third-order valence-corrected chi connectivity index (χ3v) is 4.88. The third kappa shape index (κ3) is 5.45. The minimum Gasteiger partial charge on any atom is -0.453 e. The van der Waals surface area contributed by atoms with Gasteiger partial charge in [0.2, 0.25) is 0 Å². The maximum Gasteiger partial charge on any atom is 0.411 e. The Hall–Kier alpha value is -3.09. The van der Waals surface area contributed by atoms with Gasteiger partial charge in [0, 0.05) is 24.5 Å². The number of nitrogens with one attached hydrogen (secondary N) is 2. The summed E-state index contributed by atoms with van der Waals surface area (Å²) in [7, 11) is 1.30. The number of halogens is 1. The van der Waals surface area contributed by atoms with E-state index in [1.807, 2.05) is 6.07 Å². The summed E-state index contributed by atoms with van der Waals surface area (Å²) in [6.07, 6.45) is 2.08. The van der Waals surface area contributed by atoms with Gasteiger partial charge in [0.1, 0.15) is 5.82 Å². The first-order chi connectivity index (χ1) is 13.5. The van der Waals surface area contributed by atoms with Crippen LogP contribution in [0.1, 0.15) is 18.4 Å². The maximum atomic E-state index is 13.3. The van der Waals surface area contributed by atoms with Crippen LogP contribution < -0.4 is 10.6 Å². The Morgan fingerprint density at radius 1 is 1.07 bits per heavy atom. The van der Waals surface area contributed by atoms with Crippen molar-refractivity contribution >= 4 is 23.5 Å². The summed E-state index contributed by atoms with van der Waals surface area (Å²) < 4.78 is 17.8. The normalized spacial score (nSPS) is 14.4. The number of ether oxygens (including phenoxy) is 1. The van der Waals surface area contributed by atoms with Crippen LogP contribution in [0.2, 0.25) is 0 Å². The van der Waals surface area contributed by atoms with Crippen LogP contribution in [0, 0.1) is 11.7 Å². The molecule has 0 atom stereocenters. The highest BCUT2D eigenvalue weighted by Crippen LogP contribution is 2.23. The topological polar surface area (TPSA) is 70.7 Å². The van der Waals surface area contributed by atoms with Crippen LogP contribution in [0.25, 0.3) is 0 Å². The summed E-state index contributed by atoms with van der Waals surface area (Å²) >= 11 is 0. The second-order valence-electron chi connectivity index (χ2n) is 6.89. The number of hydrogen-bond acceptors (Lipinski definition) is 3. The number of amides is 3. The highest BCUT2D eigenvalue weighted by Gasteiger charge is 2.23. The number of carbonyl (C=O) groups excluding carboxylic acids is 2. The first-order valence-electron chi connectivity index (χ1n) is 9.29. The second-order valence-corrected chi connectivity index (χ2v) is 6.89. The third-order valence-electron chi connectivity index (χ3n) is 4.88. The van der Waals surface area contributed by atoms with E-state index in [1.54, 1.807) is 41.3 Å². The molecular weight excluding hydrogens is 361 g/mol. The molecule has 1 heterocycles. The SMILES string of the molecule is COC(=O)Nc1ccc(NC(=O)N2CCC(Cc3cccc(F)c3)CC2)cc1. The number of methoxy groups -OCH3 is 1. The van der Waals surface area contributed by atoms with Crippen molar-refractivity contribution < 1.29 is 18.7 Å². The summed E-state index contributed by atoms with van der Waals surface area (Å²) in [6.45, 7) is 1.35. The molecule has 0 bridgehead atoms. The van der Waals surface area contributed by atoms with Crippen molar-refractivity contribution in [2.24, 2.45) is 5.92 Å². The molecule has 1 aliphatic heterocycles. The van der Waals surface area contributed by atoms with E-state index in [9.17, 15) is 14.0 Å².